The zero-order valence-corrected chi connectivity index (χ0v) is 38.6. The van der Waals surface area contributed by atoms with Gasteiger partial charge in [-0.1, -0.05) is 26.3 Å². The Morgan fingerprint density at radius 1 is 0.731 bits per heavy atom. The van der Waals surface area contributed by atoms with Gasteiger partial charge in [0.25, 0.3) is 0 Å². The fourth-order valence-electron chi connectivity index (χ4n) is 6.39. The fourth-order valence-corrected chi connectivity index (χ4v) is 12.4. The van der Waals surface area contributed by atoms with Gasteiger partial charge in [-0.05, 0) is 17.9 Å². The van der Waals surface area contributed by atoms with E-state index in [0.29, 0.717) is 11.3 Å². The molecule has 0 saturated carbocycles. The first kappa shape index (κ1) is 37.0. The van der Waals surface area contributed by atoms with Crippen molar-refractivity contribution in [3.05, 3.63) is 133 Å². The van der Waals surface area contributed by atoms with Crippen LogP contribution in [-0.4, -0.2) is 36.5 Å². The van der Waals surface area contributed by atoms with Gasteiger partial charge in [-0.25, -0.2) is 0 Å². The zero-order valence-electron chi connectivity index (χ0n) is 34.0. The molecular weight excluding hydrogens is 934 g/mol. The summed E-state index contributed by atoms with van der Waals surface area (Å²) in [5.41, 5.74) is 8.78. The molecule has 1 radical (unpaired) electrons. The van der Waals surface area contributed by atoms with Crippen LogP contribution in [0.2, 0.25) is 34.5 Å². The fraction of sp³-hybridized carbons (Fsp3) is 0.261. The maximum atomic E-state index is 8.69. The molecule has 4 aromatic carbocycles. The molecule has 0 spiro atoms. The molecule has 3 heterocycles. The van der Waals surface area contributed by atoms with E-state index in [4.69, 9.17) is 7.16 Å². The third-order valence-electron chi connectivity index (χ3n) is 8.96. The van der Waals surface area contributed by atoms with Gasteiger partial charge in [0.2, 0.25) is 0 Å². The van der Waals surface area contributed by atoms with E-state index in [9.17, 15) is 0 Å². The molecule has 0 bridgehead atoms. The van der Waals surface area contributed by atoms with Crippen molar-refractivity contribution in [1.82, 2.24) is 9.97 Å². The molecule has 3 aromatic heterocycles. The average molecular weight is 986 g/mol. The topological polar surface area (TPSA) is 38.9 Å². The van der Waals surface area contributed by atoms with Crippen LogP contribution < -0.4 is 8.79 Å². The van der Waals surface area contributed by atoms with Gasteiger partial charge in [0, 0.05) is 29.0 Å². The van der Waals surface area contributed by atoms with Crippen molar-refractivity contribution >= 4 is 57.3 Å². The number of benzene rings is 4. The predicted octanol–water partition coefficient (Wildman–Crippen LogP) is 11.6. The van der Waals surface area contributed by atoms with Crippen molar-refractivity contribution in [3.8, 4) is 33.6 Å². The smallest absolute Gasteiger partial charge is 0.0599 e. The summed E-state index contributed by atoms with van der Waals surface area (Å²) >= 11 is -3.62. The van der Waals surface area contributed by atoms with Crippen LogP contribution in [0.3, 0.4) is 0 Å². The number of rotatable bonds is 6. The quantitative estimate of drug-likeness (QED) is 0.123. The molecule has 3 nitrogen and oxygen atoms in total. The molecule has 0 atom stereocenters. The van der Waals surface area contributed by atoms with Crippen LogP contribution in [0.25, 0.3) is 55.6 Å². The minimum absolute atomic E-state index is 0. The standard InChI is InChI=1S/C31H32GeNO.C15H18GeN.Ir/c1-31(2,3)20-21-16-17-33-28(18-21)27-9-7-8-26-25-15-12-23(19-29(25)34-30(26)27)22-10-13-24(14-11-22)32(4,5)6;1-12-10-15(13-8-6-5-7-9-13)17-11-14(12)16(2,3)4;/h7-8,10-19H,20H2,1-6H3;5-8,10-11H,1-4H3;/q2*-1;/i20D2;;. The third kappa shape index (κ3) is 9.44. The second kappa shape index (κ2) is 16.0. The van der Waals surface area contributed by atoms with Gasteiger partial charge >= 0.3 is 262 Å². The van der Waals surface area contributed by atoms with Crippen LogP contribution in [0.4, 0.5) is 0 Å². The monoisotopic (exact) mass is 989 g/mol. The number of aromatic nitrogens is 2. The van der Waals surface area contributed by atoms with E-state index in [-0.39, 0.29) is 20.1 Å². The van der Waals surface area contributed by atoms with Gasteiger partial charge in [-0.3, -0.25) is 0 Å². The Morgan fingerprint density at radius 2 is 1.46 bits per heavy atom. The van der Waals surface area contributed by atoms with E-state index in [1.54, 1.807) is 12.3 Å². The Balaban J connectivity index is 0.000000262. The van der Waals surface area contributed by atoms with Crippen molar-refractivity contribution in [3.63, 3.8) is 0 Å². The molecule has 0 fully saturated rings. The van der Waals surface area contributed by atoms with Crippen molar-refractivity contribution in [1.29, 1.82) is 0 Å². The number of fused-ring (bicyclic) bond motifs is 3. The van der Waals surface area contributed by atoms with Crippen LogP contribution in [-0.2, 0) is 26.5 Å². The molecule has 0 aliphatic rings. The minimum atomic E-state index is -1.85. The first-order chi connectivity index (χ1) is 24.8. The molecule has 7 rings (SSSR count). The predicted molar refractivity (Wildman–Crippen MR) is 224 cm³/mol. The summed E-state index contributed by atoms with van der Waals surface area (Å²) in [5.74, 6) is 14.4. The van der Waals surface area contributed by atoms with Gasteiger partial charge in [-0.15, -0.1) is 0 Å². The Morgan fingerprint density at radius 3 is 2.10 bits per heavy atom. The Labute approximate surface area is 332 Å². The normalized spacial score (nSPS) is 12.8. The van der Waals surface area contributed by atoms with Gasteiger partial charge in [0.05, 0.1) is 0 Å². The van der Waals surface area contributed by atoms with Gasteiger partial charge in [0.1, 0.15) is 0 Å². The summed E-state index contributed by atoms with van der Waals surface area (Å²) in [7, 11) is 0. The number of furan rings is 1. The van der Waals surface area contributed by atoms with E-state index in [1.807, 2.05) is 57.2 Å². The van der Waals surface area contributed by atoms with Crippen LogP contribution >= 0.6 is 0 Å². The minimum Gasteiger partial charge on any atom is -0.0599 e. The number of hydrogen-bond donors (Lipinski definition) is 0. The summed E-state index contributed by atoms with van der Waals surface area (Å²) in [5, 5.41) is 2.05. The molecule has 0 N–H and O–H groups in total. The van der Waals surface area contributed by atoms with E-state index < -0.39 is 38.3 Å². The van der Waals surface area contributed by atoms with Crippen LogP contribution in [0.1, 0.15) is 34.6 Å². The summed E-state index contributed by atoms with van der Waals surface area (Å²) in [4.78, 5) is 9.16. The molecule has 0 aliphatic carbocycles. The molecule has 52 heavy (non-hydrogen) atoms. The van der Waals surface area contributed by atoms with E-state index in [2.05, 4.69) is 124 Å². The molecule has 7 aromatic rings. The number of pyridine rings is 2. The van der Waals surface area contributed by atoms with E-state index >= 15 is 0 Å². The van der Waals surface area contributed by atoms with E-state index in [0.717, 1.165) is 44.3 Å². The summed E-state index contributed by atoms with van der Waals surface area (Å²) in [6.07, 6.45) is 2.24. The molecule has 0 aliphatic heterocycles. The summed E-state index contributed by atoms with van der Waals surface area (Å²) < 4.78 is 26.8. The maximum absolute atomic E-state index is 8.69. The Hall–Kier alpha value is -3.28. The average Bonchev–Trinajstić information content (AvgIpc) is 3.49. The third-order valence-corrected chi connectivity index (χ3v) is 17.8. The van der Waals surface area contributed by atoms with Crippen molar-refractivity contribution in [2.24, 2.45) is 5.41 Å². The second-order valence-electron chi connectivity index (χ2n) is 16.5. The van der Waals surface area contributed by atoms with Crippen molar-refractivity contribution in [2.75, 3.05) is 0 Å². The van der Waals surface area contributed by atoms with Gasteiger partial charge in [-0.2, -0.15) is 0 Å². The van der Waals surface area contributed by atoms with Crippen molar-refractivity contribution < 1.29 is 27.3 Å². The van der Waals surface area contributed by atoms with Gasteiger partial charge in [0.15, 0.2) is 0 Å². The first-order valence-corrected chi connectivity index (χ1v) is 32.4. The number of nitrogens with zero attached hydrogens (tertiary/aromatic N) is 2. The SMILES string of the molecule is Cc1cc(-c2[c-]cccc2)nc[c]1[Ge]([CH3])([CH3])[CH3].[2H]C([2H])(c1ccnc(-c2[c-]ccc3c2oc2cc(-c4cc[c]([Ge]([CH3])([CH3])[CH3])cc4)ccc23)c1)C(C)(C)C.[Ir]. The number of aryl methyl sites for hydroxylation is 1. The zero-order chi connectivity index (χ0) is 38.3. The Kier molecular flexibility index (Phi) is 11.4. The summed E-state index contributed by atoms with van der Waals surface area (Å²) in [6.45, 7) is 7.93. The second-order valence-corrected chi connectivity index (χ2v) is 37.7. The number of hydrogen-bond acceptors (Lipinski definition) is 3. The molecule has 0 unspecified atom stereocenters. The summed E-state index contributed by atoms with van der Waals surface area (Å²) in [6, 6.07) is 39.6. The molecule has 269 valence electrons. The van der Waals surface area contributed by atoms with Crippen LogP contribution in [0.5, 0.6) is 0 Å². The molecule has 0 saturated heterocycles. The van der Waals surface area contributed by atoms with Crippen LogP contribution in [0.15, 0.2) is 114 Å². The molecule has 6 heteroatoms. The van der Waals surface area contributed by atoms with Gasteiger partial charge < -0.3 is 0 Å². The van der Waals surface area contributed by atoms with E-state index in [1.165, 1.54) is 19.9 Å². The molecular formula is C46H50Ge2IrN2O-2. The molecule has 0 amide bonds. The Bertz CT molecular complexity index is 2390. The van der Waals surface area contributed by atoms with Crippen LogP contribution in [0, 0.1) is 24.5 Å². The first-order valence-electron chi connectivity index (χ1n) is 18.7. The van der Waals surface area contributed by atoms with Crippen molar-refractivity contribution in [2.45, 2.75) is 68.6 Å².